The molecule has 0 saturated carbocycles. The number of nitrogens with zero attached hydrogens (tertiary/aromatic N) is 1. The fraction of sp³-hybridized carbons (Fsp3) is 0.0435. The number of rotatable bonds is 8. The Hall–Kier alpha value is -4.05. The van der Waals surface area contributed by atoms with E-state index in [4.69, 9.17) is 15.0 Å². The van der Waals surface area contributed by atoms with E-state index >= 15 is 0 Å². The molecule has 3 N–H and O–H groups in total. The Morgan fingerprint density at radius 3 is 2.61 bits per heavy atom. The number of hydrogen-bond donors (Lipinski definition) is 2. The summed E-state index contributed by atoms with van der Waals surface area (Å²) in [5.74, 6) is 3.00. The molecule has 3 aromatic rings. The van der Waals surface area contributed by atoms with E-state index in [0.29, 0.717) is 10.2 Å². The second-order valence-electron chi connectivity index (χ2n) is 6.47. The van der Waals surface area contributed by atoms with Gasteiger partial charge in [-0.1, -0.05) is 28.1 Å². The number of ether oxygens (including phenoxy) is 1. The molecule has 0 fully saturated rings. The molecule has 0 spiro atoms. The molecule has 1 aromatic heterocycles. The highest BCUT2D eigenvalue weighted by atomic mass is 79.9. The number of esters is 1. The SMILES string of the molecule is N/N=C(/C(=O)CNC(=O)c1ccccc1F)c1cc(Br)ccc1OC(=O)/C=C/c1ccco1. The molecule has 1 amide bonds. The third-order valence-electron chi connectivity index (χ3n) is 4.26. The molecule has 33 heavy (non-hydrogen) atoms. The van der Waals surface area contributed by atoms with Crippen LogP contribution in [0.4, 0.5) is 4.39 Å². The van der Waals surface area contributed by atoms with Crippen LogP contribution < -0.4 is 15.9 Å². The molecule has 0 aliphatic heterocycles. The standard InChI is InChI=1S/C23H17BrFN3O5/c24-14-7-9-20(33-21(30)10-8-15-4-3-11-32-15)17(12-14)22(28-26)19(29)13-27-23(31)16-5-1-2-6-18(16)25/h1-12H,13,26H2,(H,27,31)/b10-8+,28-22+. The van der Waals surface area contributed by atoms with Crippen molar-refractivity contribution in [2.24, 2.45) is 10.9 Å². The number of hydrazone groups is 1. The van der Waals surface area contributed by atoms with Gasteiger partial charge in [-0.2, -0.15) is 5.10 Å². The number of nitrogens with one attached hydrogen (secondary N) is 1. The summed E-state index contributed by atoms with van der Waals surface area (Å²) in [6, 6.07) is 13.2. The maximum Gasteiger partial charge on any atom is 0.336 e. The van der Waals surface area contributed by atoms with Gasteiger partial charge >= 0.3 is 5.97 Å². The van der Waals surface area contributed by atoms with Crippen molar-refractivity contribution in [1.29, 1.82) is 0 Å². The maximum absolute atomic E-state index is 13.8. The number of furan rings is 1. The average molecular weight is 514 g/mol. The van der Waals surface area contributed by atoms with Gasteiger partial charge in [0.15, 0.2) is 0 Å². The molecule has 0 aliphatic rings. The minimum atomic E-state index is -0.776. The van der Waals surface area contributed by atoms with Gasteiger partial charge in [0.2, 0.25) is 5.78 Å². The second-order valence-corrected chi connectivity index (χ2v) is 7.39. The zero-order valence-electron chi connectivity index (χ0n) is 17.0. The number of halogens is 2. The quantitative estimate of drug-likeness (QED) is 0.119. The number of hydrogen-bond acceptors (Lipinski definition) is 7. The number of carbonyl (C=O) groups is 3. The van der Waals surface area contributed by atoms with Gasteiger partial charge in [0.25, 0.3) is 5.91 Å². The van der Waals surface area contributed by atoms with Gasteiger partial charge in [-0.05, 0) is 48.5 Å². The minimum absolute atomic E-state index is 0.0188. The van der Waals surface area contributed by atoms with Gasteiger partial charge in [-0.3, -0.25) is 9.59 Å². The van der Waals surface area contributed by atoms with E-state index in [1.165, 1.54) is 42.7 Å². The molecule has 0 aliphatic carbocycles. The first-order chi connectivity index (χ1) is 15.9. The molecule has 168 valence electrons. The van der Waals surface area contributed by atoms with Gasteiger partial charge in [0.05, 0.1) is 18.4 Å². The molecule has 1 heterocycles. The fourth-order valence-electron chi connectivity index (χ4n) is 2.73. The van der Waals surface area contributed by atoms with Crippen molar-refractivity contribution in [3.8, 4) is 5.75 Å². The number of nitrogens with two attached hydrogens (primary N) is 1. The molecule has 3 rings (SSSR count). The Labute approximate surface area is 196 Å². The van der Waals surface area contributed by atoms with Crippen LogP contribution in [0.2, 0.25) is 0 Å². The first-order valence-electron chi connectivity index (χ1n) is 9.46. The van der Waals surface area contributed by atoms with Crippen molar-refractivity contribution < 1.29 is 27.9 Å². The van der Waals surface area contributed by atoms with Crippen LogP contribution >= 0.6 is 15.9 Å². The molecular weight excluding hydrogens is 497 g/mol. The Kier molecular flexibility index (Phi) is 7.87. The monoisotopic (exact) mass is 513 g/mol. The molecule has 10 heteroatoms. The highest BCUT2D eigenvalue weighted by Crippen LogP contribution is 2.25. The Balaban J connectivity index is 1.75. The van der Waals surface area contributed by atoms with Crippen molar-refractivity contribution in [1.82, 2.24) is 5.32 Å². The summed E-state index contributed by atoms with van der Waals surface area (Å²) in [6.45, 7) is -0.512. The summed E-state index contributed by atoms with van der Waals surface area (Å²) in [5, 5.41) is 5.85. The van der Waals surface area contributed by atoms with Crippen LogP contribution in [0.25, 0.3) is 6.08 Å². The van der Waals surface area contributed by atoms with Gasteiger partial charge in [-0.25, -0.2) is 9.18 Å². The lowest BCUT2D eigenvalue weighted by molar-refractivity contribution is -0.129. The summed E-state index contributed by atoms with van der Waals surface area (Å²) < 4.78 is 24.8. The predicted octanol–water partition coefficient (Wildman–Crippen LogP) is 3.46. The molecule has 2 aromatic carbocycles. The van der Waals surface area contributed by atoms with Crippen molar-refractivity contribution in [2.45, 2.75) is 0 Å². The second kappa shape index (κ2) is 11.0. The maximum atomic E-state index is 13.8. The van der Waals surface area contributed by atoms with Crippen LogP contribution in [0.5, 0.6) is 5.75 Å². The van der Waals surface area contributed by atoms with Crippen LogP contribution in [0.1, 0.15) is 21.7 Å². The summed E-state index contributed by atoms with van der Waals surface area (Å²) in [6.07, 6.45) is 4.03. The van der Waals surface area contributed by atoms with Gasteiger partial charge < -0.3 is 20.3 Å². The highest BCUT2D eigenvalue weighted by Gasteiger charge is 2.21. The van der Waals surface area contributed by atoms with E-state index in [1.807, 2.05) is 0 Å². The fourth-order valence-corrected chi connectivity index (χ4v) is 3.09. The summed E-state index contributed by atoms with van der Waals surface area (Å²) >= 11 is 3.28. The van der Waals surface area contributed by atoms with Crippen LogP contribution in [-0.2, 0) is 9.59 Å². The lowest BCUT2D eigenvalue weighted by Gasteiger charge is -2.12. The molecular formula is C23H17BrFN3O5. The molecule has 0 radical (unpaired) electrons. The zero-order chi connectivity index (χ0) is 23.8. The highest BCUT2D eigenvalue weighted by molar-refractivity contribution is 9.10. The third kappa shape index (κ3) is 6.23. The van der Waals surface area contributed by atoms with Crippen LogP contribution in [0.15, 0.2) is 80.9 Å². The van der Waals surface area contributed by atoms with Crippen LogP contribution in [0.3, 0.4) is 0 Å². The lowest BCUT2D eigenvalue weighted by Crippen LogP contribution is -2.34. The van der Waals surface area contributed by atoms with Crippen LogP contribution in [0, 0.1) is 5.82 Å². The van der Waals surface area contributed by atoms with E-state index in [2.05, 4.69) is 26.3 Å². The van der Waals surface area contributed by atoms with E-state index < -0.39 is 30.0 Å². The smallest absolute Gasteiger partial charge is 0.336 e. The van der Waals surface area contributed by atoms with Crippen molar-refractivity contribution in [3.05, 3.63) is 94.1 Å². The number of Topliss-reactive ketones (excluding diaryl/α,β-unsaturated/α-hetero) is 1. The Bertz CT molecular complexity index is 1240. The zero-order valence-corrected chi connectivity index (χ0v) is 18.5. The topological polar surface area (TPSA) is 124 Å². The summed E-state index contributed by atoms with van der Waals surface area (Å²) in [7, 11) is 0. The first-order valence-corrected chi connectivity index (χ1v) is 10.3. The largest absolute Gasteiger partial charge is 0.465 e. The minimum Gasteiger partial charge on any atom is -0.465 e. The number of benzene rings is 2. The number of ketones is 1. The summed E-state index contributed by atoms with van der Waals surface area (Å²) in [5.41, 5.74) is -0.336. The Morgan fingerprint density at radius 2 is 1.91 bits per heavy atom. The lowest BCUT2D eigenvalue weighted by atomic mass is 10.0. The van der Waals surface area contributed by atoms with E-state index in [9.17, 15) is 18.8 Å². The third-order valence-corrected chi connectivity index (χ3v) is 4.75. The predicted molar refractivity (Wildman–Crippen MR) is 122 cm³/mol. The van der Waals surface area contributed by atoms with Crippen LogP contribution in [-0.4, -0.2) is 29.9 Å². The van der Waals surface area contributed by atoms with Crippen molar-refractivity contribution in [3.63, 3.8) is 0 Å². The molecule has 0 saturated heterocycles. The van der Waals surface area contributed by atoms with E-state index in [0.717, 1.165) is 12.1 Å². The average Bonchev–Trinajstić information content (AvgIpc) is 3.32. The van der Waals surface area contributed by atoms with Gasteiger partial charge in [0.1, 0.15) is 23.0 Å². The molecule has 0 unspecified atom stereocenters. The Morgan fingerprint density at radius 1 is 1.12 bits per heavy atom. The number of carbonyl (C=O) groups excluding carboxylic acids is 3. The van der Waals surface area contributed by atoms with Gasteiger partial charge in [0, 0.05) is 16.1 Å². The molecule has 0 bridgehead atoms. The number of amides is 1. The van der Waals surface area contributed by atoms with Gasteiger partial charge in [-0.15, -0.1) is 0 Å². The molecule has 0 atom stereocenters. The molecule has 8 nitrogen and oxygen atoms in total. The normalized spacial score (nSPS) is 11.4. The van der Waals surface area contributed by atoms with Crippen molar-refractivity contribution in [2.75, 3.05) is 6.54 Å². The van der Waals surface area contributed by atoms with E-state index in [-0.39, 0.29) is 22.6 Å². The van der Waals surface area contributed by atoms with Crippen molar-refractivity contribution >= 4 is 45.4 Å². The summed E-state index contributed by atoms with van der Waals surface area (Å²) in [4.78, 5) is 37.1. The first kappa shape index (κ1) is 23.6. The van der Waals surface area contributed by atoms with E-state index in [1.54, 1.807) is 18.2 Å².